The zero-order valence-corrected chi connectivity index (χ0v) is 13.0. The van der Waals surface area contributed by atoms with Crippen LogP contribution in [0, 0.1) is 0 Å². The highest BCUT2D eigenvalue weighted by atomic mass is 16.5. The van der Waals surface area contributed by atoms with Gasteiger partial charge in [0.2, 0.25) is 0 Å². The Hall–Kier alpha value is -1.92. The SMILES string of the molecule is CCCOc1ccccc1/C=N\NC(=O)CN1CCOCC1. The maximum absolute atomic E-state index is 11.8. The van der Waals surface area contributed by atoms with Gasteiger partial charge >= 0.3 is 0 Å². The number of carbonyl (C=O) groups is 1. The van der Waals surface area contributed by atoms with E-state index in [1.54, 1.807) is 6.21 Å². The molecule has 1 heterocycles. The van der Waals surface area contributed by atoms with Gasteiger partial charge in [0.05, 0.1) is 32.6 Å². The van der Waals surface area contributed by atoms with Gasteiger partial charge in [-0.3, -0.25) is 9.69 Å². The quantitative estimate of drug-likeness (QED) is 0.608. The Morgan fingerprint density at radius 3 is 2.95 bits per heavy atom. The Morgan fingerprint density at radius 1 is 1.41 bits per heavy atom. The van der Waals surface area contributed by atoms with E-state index < -0.39 is 0 Å². The number of hydrogen-bond acceptors (Lipinski definition) is 5. The molecule has 1 amide bonds. The Balaban J connectivity index is 1.82. The molecule has 22 heavy (non-hydrogen) atoms. The van der Waals surface area contributed by atoms with E-state index in [1.165, 1.54) is 0 Å². The molecule has 1 fully saturated rings. The van der Waals surface area contributed by atoms with Crippen LogP contribution in [-0.2, 0) is 9.53 Å². The summed E-state index contributed by atoms with van der Waals surface area (Å²) >= 11 is 0. The number of ether oxygens (including phenoxy) is 2. The number of morpholine rings is 1. The van der Waals surface area contributed by atoms with Gasteiger partial charge in [-0.05, 0) is 18.6 Å². The number of rotatable bonds is 7. The third-order valence-electron chi connectivity index (χ3n) is 3.24. The molecule has 0 aromatic heterocycles. The van der Waals surface area contributed by atoms with Crippen molar-refractivity contribution in [2.75, 3.05) is 39.5 Å². The van der Waals surface area contributed by atoms with Crippen molar-refractivity contribution in [2.24, 2.45) is 5.10 Å². The maximum atomic E-state index is 11.8. The molecular weight excluding hydrogens is 282 g/mol. The Labute approximate surface area is 131 Å². The fraction of sp³-hybridized carbons (Fsp3) is 0.500. The molecule has 6 heteroatoms. The van der Waals surface area contributed by atoms with Crippen LogP contribution in [0.2, 0.25) is 0 Å². The van der Waals surface area contributed by atoms with Crippen molar-refractivity contribution in [1.29, 1.82) is 0 Å². The van der Waals surface area contributed by atoms with Crippen LogP contribution in [0.4, 0.5) is 0 Å². The molecule has 0 spiro atoms. The molecule has 1 aliphatic heterocycles. The van der Waals surface area contributed by atoms with Gasteiger partial charge in [-0.1, -0.05) is 19.1 Å². The topological polar surface area (TPSA) is 63.2 Å². The van der Waals surface area contributed by atoms with Crippen LogP contribution < -0.4 is 10.2 Å². The van der Waals surface area contributed by atoms with Gasteiger partial charge in [0.25, 0.3) is 5.91 Å². The van der Waals surface area contributed by atoms with Crippen LogP contribution in [0.1, 0.15) is 18.9 Å². The molecule has 0 radical (unpaired) electrons. The van der Waals surface area contributed by atoms with E-state index in [0.717, 1.165) is 30.8 Å². The first-order valence-electron chi connectivity index (χ1n) is 7.63. The Kier molecular flexibility index (Phi) is 6.86. The molecule has 0 aliphatic carbocycles. The van der Waals surface area contributed by atoms with E-state index in [4.69, 9.17) is 9.47 Å². The zero-order valence-electron chi connectivity index (χ0n) is 13.0. The second kappa shape index (κ2) is 9.17. The summed E-state index contributed by atoms with van der Waals surface area (Å²) in [5.74, 6) is 0.653. The lowest BCUT2D eigenvalue weighted by Crippen LogP contribution is -2.42. The molecule has 1 aromatic carbocycles. The Morgan fingerprint density at radius 2 is 2.18 bits per heavy atom. The minimum Gasteiger partial charge on any atom is -0.493 e. The first-order valence-corrected chi connectivity index (χ1v) is 7.63. The van der Waals surface area contributed by atoms with Gasteiger partial charge in [0.15, 0.2) is 0 Å². The standard InChI is InChI=1S/C16H23N3O3/c1-2-9-22-15-6-4-3-5-14(15)12-17-18-16(20)13-19-7-10-21-11-8-19/h3-6,12H,2,7-11,13H2,1H3,(H,18,20)/b17-12-. The summed E-state index contributed by atoms with van der Waals surface area (Å²) in [6, 6.07) is 7.63. The molecule has 0 saturated carbocycles. The number of nitrogens with zero attached hydrogens (tertiary/aromatic N) is 2. The monoisotopic (exact) mass is 305 g/mol. The predicted molar refractivity (Wildman–Crippen MR) is 85.2 cm³/mol. The van der Waals surface area contributed by atoms with Gasteiger partial charge in [-0.25, -0.2) is 5.43 Å². The lowest BCUT2D eigenvalue weighted by molar-refractivity contribution is -0.123. The lowest BCUT2D eigenvalue weighted by atomic mass is 10.2. The first-order chi connectivity index (χ1) is 10.8. The van der Waals surface area contributed by atoms with E-state index in [9.17, 15) is 4.79 Å². The van der Waals surface area contributed by atoms with Crippen LogP contribution in [0.5, 0.6) is 5.75 Å². The fourth-order valence-corrected chi connectivity index (χ4v) is 2.10. The number of para-hydroxylation sites is 1. The van der Waals surface area contributed by atoms with Crippen LogP contribution in [-0.4, -0.2) is 56.5 Å². The highest BCUT2D eigenvalue weighted by Crippen LogP contribution is 2.15. The second-order valence-corrected chi connectivity index (χ2v) is 5.07. The van der Waals surface area contributed by atoms with E-state index in [-0.39, 0.29) is 5.91 Å². The average molecular weight is 305 g/mol. The summed E-state index contributed by atoms with van der Waals surface area (Å²) in [6.45, 7) is 5.98. The number of hydrogen-bond donors (Lipinski definition) is 1. The normalized spacial score (nSPS) is 15.9. The van der Waals surface area contributed by atoms with Gasteiger partial charge in [0.1, 0.15) is 5.75 Å². The van der Waals surface area contributed by atoms with Crippen molar-refractivity contribution in [1.82, 2.24) is 10.3 Å². The highest BCUT2D eigenvalue weighted by Gasteiger charge is 2.13. The third kappa shape index (κ3) is 5.46. The largest absolute Gasteiger partial charge is 0.493 e. The van der Waals surface area contributed by atoms with Crippen LogP contribution >= 0.6 is 0 Å². The molecule has 0 bridgehead atoms. The minimum absolute atomic E-state index is 0.120. The van der Waals surface area contributed by atoms with Gasteiger partial charge < -0.3 is 9.47 Å². The summed E-state index contributed by atoms with van der Waals surface area (Å²) in [5.41, 5.74) is 3.40. The molecule has 0 atom stereocenters. The van der Waals surface area contributed by atoms with Crippen molar-refractivity contribution in [3.05, 3.63) is 29.8 Å². The van der Waals surface area contributed by atoms with Gasteiger partial charge in [0, 0.05) is 18.7 Å². The number of nitrogens with one attached hydrogen (secondary N) is 1. The van der Waals surface area contributed by atoms with Crippen molar-refractivity contribution >= 4 is 12.1 Å². The van der Waals surface area contributed by atoms with Crippen molar-refractivity contribution in [3.8, 4) is 5.75 Å². The molecule has 6 nitrogen and oxygen atoms in total. The maximum Gasteiger partial charge on any atom is 0.254 e. The highest BCUT2D eigenvalue weighted by molar-refractivity contribution is 5.85. The molecule has 1 aliphatic rings. The van der Waals surface area contributed by atoms with Gasteiger partial charge in [-0.2, -0.15) is 5.10 Å². The van der Waals surface area contributed by atoms with E-state index in [2.05, 4.69) is 17.5 Å². The van der Waals surface area contributed by atoms with Crippen LogP contribution in [0.3, 0.4) is 0 Å². The summed E-state index contributed by atoms with van der Waals surface area (Å²) in [4.78, 5) is 13.9. The van der Waals surface area contributed by atoms with E-state index >= 15 is 0 Å². The van der Waals surface area contributed by atoms with Crippen LogP contribution in [0.25, 0.3) is 0 Å². The molecule has 1 aromatic rings. The summed E-state index contributed by atoms with van der Waals surface area (Å²) in [7, 11) is 0. The number of amides is 1. The van der Waals surface area contributed by atoms with Crippen molar-refractivity contribution < 1.29 is 14.3 Å². The first kappa shape index (κ1) is 16.5. The second-order valence-electron chi connectivity index (χ2n) is 5.07. The van der Waals surface area contributed by atoms with E-state index in [0.29, 0.717) is 26.4 Å². The van der Waals surface area contributed by atoms with Crippen LogP contribution in [0.15, 0.2) is 29.4 Å². The van der Waals surface area contributed by atoms with Crippen molar-refractivity contribution in [2.45, 2.75) is 13.3 Å². The molecular formula is C16H23N3O3. The summed E-state index contributed by atoms with van der Waals surface area (Å²) in [5, 5.41) is 4.01. The van der Waals surface area contributed by atoms with Gasteiger partial charge in [-0.15, -0.1) is 0 Å². The number of benzene rings is 1. The molecule has 0 unspecified atom stereocenters. The zero-order chi connectivity index (χ0) is 15.6. The van der Waals surface area contributed by atoms with E-state index in [1.807, 2.05) is 29.2 Å². The molecule has 1 saturated heterocycles. The molecule has 120 valence electrons. The number of carbonyl (C=O) groups excluding carboxylic acids is 1. The number of hydrazone groups is 1. The smallest absolute Gasteiger partial charge is 0.254 e. The fourth-order valence-electron chi connectivity index (χ4n) is 2.10. The molecule has 1 N–H and O–H groups in total. The summed E-state index contributed by atoms with van der Waals surface area (Å²) < 4.78 is 10.9. The van der Waals surface area contributed by atoms with Crippen molar-refractivity contribution in [3.63, 3.8) is 0 Å². The Bertz CT molecular complexity index is 499. The third-order valence-corrected chi connectivity index (χ3v) is 3.24. The lowest BCUT2D eigenvalue weighted by Gasteiger charge is -2.25. The predicted octanol–water partition coefficient (Wildman–Crippen LogP) is 1.26. The molecule has 2 rings (SSSR count). The average Bonchev–Trinajstić information content (AvgIpc) is 2.55. The minimum atomic E-state index is -0.120. The summed E-state index contributed by atoms with van der Waals surface area (Å²) in [6.07, 6.45) is 2.56.